The third kappa shape index (κ3) is 3.78. The van der Waals surface area contributed by atoms with Gasteiger partial charge in [0.15, 0.2) is 0 Å². The maximum absolute atomic E-state index is 14.1. The fraction of sp³-hybridized carbons (Fsp3) is 0.250. The molecule has 0 radical (unpaired) electrons. The molecule has 0 saturated heterocycles. The van der Waals surface area contributed by atoms with Gasteiger partial charge in [-0.15, -0.1) is 0 Å². The van der Waals surface area contributed by atoms with Crippen molar-refractivity contribution in [2.24, 2.45) is 0 Å². The molecule has 0 aromatic heterocycles. The van der Waals surface area contributed by atoms with Gasteiger partial charge < -0.3 is 5.73 Å². The normalized spacial score (nSPS) is 11.8. The maximum atomic E-state index is 14.1. The molecule has 2 rings (SSSR count). The van der Waals surface area contributed by atoms with Crippen LogP contribution in [-0.2, 0) is 12.5 Å². The molecule has 2 aromatic rings. The van der Waals surface area contributed by atoms with E-state index in [1.165, 1.54) is 12.1 Å². The molecule has 20 heavy (non-hydrogen) atoms. The van der Waals surface area contributed by atoms with Gasteiger partial charge in [-0.1, -0.05) is 42.5 Å². The molecular formula is C16H18F2N2. The van der Waals surface area contributed by atoms with E-state index in [0.717, 1.165) is 5.56 Å². The van der Waals surface area contributed by atoms with Gasteiger partial charge in [0.1, 0.15) is 0 Å². The fourth-order valence-corrected chi connectivity index (χ4v) is 2.10. The summed E-state index contributed by atoms with van der Waals surface area (Å²) in [6.45, 7) is 0.143. The Kier molecular flexibility index (Phi) is 4.35. The summed E-state index contributed by atoms with van der Waals surface area (Å²) in [7, 11) is 1.69. The van der Waals surface area contributed by atoms with Gasteiger partial charge in [0, 0.05) is 17.8 Å². The summed E-state index contributed by atoms with van der Waals surface area (Å²) in [4.78, 5) is 1.61. The van der Waals surface area contributed by atoms with E-state index in [2.05, 4.69) is 0 Å². The SMILES string of the molecule is CN(Cc1ccc(N)cc1)CC(F)(F)c1ccccc1. The van der Waals surface area contributed by atoms with E-state index in [4.69, 9.17) is 5.73 Å². The van der Waals surface area contributed by atoms with Crippen molar-refractivity contribution in [1.82, 2.24) is 4.90 Å². The van der Waals surface area contributed by atoms with E-state index >= 15 is 0 Å². The topological polar surface area (TPSA) is 29.3 Å². The Labute approximate surface area is 117 Å². The Morgan fingerprint density at radius 2 is 1.60 bits per heavy atom. The first-order valence-electron chi connectivity index (χ1n) is 6.44. The van der Waals surface area contributed by atoms with Crippen LogP contribution in [0.1, 0.15) is 11.1 Å². The molecule has 0 unspecified atom stereocenters. The van der Waals surface area contributed by atoms with Crippen molar-refractivity contribution >= 4 is 5.69 Å². The average molecular weight is 276 g/mol. The molecule has 0 aliphatic carbocycles. The predicted octanol–water partition coefficient (Wildman–Crippen LogP) is 3.49. The summed E-state index contributed by atoms with van der Waals surface area (Å²) >= 11 is 0. The second-order valence-corrected chi connectivity index (χ2v) is 4.98. The number of alkyl halides is 2. The first kappa shape index (κ1) is 14.5. The molecule has 0 spiro atoms. The lowest BCUT2D eigenvalue weighted by molar-refractivity contribution is -0.0338. The van der Waals surface area contributed by atoms with E-state index in [9.17, 15) is 8.78 Å². The van der Waals surface area contributed by atoms with E-state index in [-0.39, 0.29) is 12.1 Å². The van der Waals surface area contributed by atoms with Crippen LogP contribution >= 0.6 is 0 Å². The smallest absolute Gasteiger partial charge is 0.285 e. The summed E-state index contributed by atoms with van der Waals surface area (Å²) in [6, 6.07) is 15.2. The summed E-state index contributed by atoms with van der Waals surface area (Å²) in [6.07, 6.45) is 0. The van der Waals surface area contributed by atoms with Crippen LogP contribution in [0.2, 0.25) is 0 Å². The Balaban J connectivity index is 2.00. The zero-order valence-electron chi connectivity index (χ0n) is 11.4. The number of hydrogen-bond acceptors (Lipinski definition) is 2. The summed E-state index contributed by atoms with van der Waals surface area (Å²) in [5, 5.41) is 0. The highest BCUT2D eigenvalue weighted by molar-refractivity contribution is 5.39. The highest BCUT2D eigenvalue weighted by Crippen LogP contribution is 2.28. The van der Waals surface area contributed by atoms with Crippen LogP contribution in [0.15, 0.2) is 54.6 Å². The van der Waals surface area contributed by atoms with E-state index in [1.807, 2.05) is 12.1 Å². The monoisotopic (exact) mass is 276 g/mol. The Morgan fingerprint density at radius 1 is 1.00 bits per heavy atom. The van der Waals surface area contributed by atoms with Gasteiger partial charge in [-0.05, 0) is 24.7 Å². The predicted molar refractivity (Wildman–Crippen MR) is 77.5 cm³/mol. The molecule has 0 aliphatic rings. The third-order valence-electron chi connectivity index (χ3n) is 3.10. The van der Waals surface area contributed by atoms with Crippen LogP contribution in [0.3, 0.4) is 0 Å². The minimum atomic E-state index is -2.86. The number of nitrogens with two attached hydrogens (primary N) is 1. The molecule has 0 aliphatic heterocycles. The molecule has 4 heteroatoms. The van der Waals surface area contributed by atoms with Gasteiger partial charge in [-0.25, -0.2) is 0 Å². The van der Waals surface area contributed by atoms with Crippen molar-refractivity contribution in [3.05, 3.63) is 65.7 Å². The third-order valence-corrected chi connectivity index (χ3v) is 3.10. The second-order valence-electron chi connectivity index (χ2n) is 4.98. The minimum absolute atomic E-state index is 0.0455. The minimum Gasteiger partial charge on any atom is -0.399 e. The summed E-state index contributed by atoms with van der Waals surface area (Å²) in [5.41, 5.74) is 7.28. The van der Waals surface area contributed by atoms with Crippen molar-refractivity contribution in [3.8, 4) is 0 Å². The Morgan fingerprint density at radius 3 is 2.20 bits per heavy atom. The lowest BCUT2D eigenvalue weighted by Crippen LogP contribution is -2.32. The molecular weight excluding hydrogens is 258 g/mol. The second kappa shape index (κ2) is 6.01. The van der Waals surface area contributed by atoms with Gasteiger partial charge >= 0.3 is 0 Å². The molecule has 0 bridgehead atoms. The molecule has 2 aromatic carbocycles. The van der Waals surface area contributed by atoms with E-state index < -0.39 is 5.92 Å². The lowest BCUT2D eigenvalue weighted by atomic mass is 10.1. The van der Waals surface area contributed by atoms with Crippen molar-refractivity contribution in [1.29, 1.82) is 0 Å². The largest absolute Gasteiger partial charge is 0.399 e. The van der Waals surface area contributed by atoms with Crippen LogP contribution in [0.5, 0.6) is 0 Å². The number of nitrogens with zero attached hydrogens (tertiary/aromatic N) is 1. The van der Waals surface area contributed by atoms with Crippen LogP contribution in [-0.4, -0.2) is 18.5 Å². The number of hydrogen-bond donors (Lipinski definition) is 1. The molecule has 2 nitrogen and oxygen atoms in total. The van der Waals surface area contributed by atoms with Crippen molar-refractivity contribution in [2.75, 3.05) is 19.3 Å². The molecule has 0 fully saturated rings. The first-order valence-corrected chi connectivity index (χ1v) is 6.44. The van der Waals surface area contributed by atoms with E-state index in [0.29, 0.717) is 12.2 Å². The first-order chi connectivity index (χ1) is 9.47. The Hall–Kier alpha value is -1.94. The van der Waals surface area contributed by atoms with Crippen LogP contribution < -0.4 is 5.73 Å². The average Bonchev–Trinajstić information content (AvgIpc) is 2.42. The van der Waals surface area contributed by atoms with Gasteiger partial charge in [-0.2, -0.15) is 8.78 Å². The van der Waals surface area contributed by atoms with Gasteiger partial charge in [-0.3, -0.25) is 4.90 Å². The van der Waals surface area contributed by atoms with Crippen LogP contribution in [0.25, 0.3) is 0 Å². The van der Waals surface area contributed by atoms with Crippen molar-refractivity contribution in [3.63, 3.8) is 0 Å². The number of halogens is 2. The van der Waals surface area contributed by atoms with Gasteiger partial charge in [0.2, 0.25) is 0 Å². The van der Waals surface area contributed by atoms with Crippen LogP contribution in [0, 0.1) is 0 Å². The highest BCUT2D eigenvalue weighted by Gasteiger charge is 2.32. The van der Waals surface area contributed by atoms with Gasteiger partial charge in [0.05, 0.1) is 6.54 Å². The highest BCUT2D eigenvalue weighted by atomic mass is 19.3. The number of rotatable bonds is 5. The standard InChI is InChI=1S/C16H18F2N2/c1-20(11-13-7-9-15(19)10-8-13)12-16(17,18)14-5-3-2-4-6-14/h2-10H,11-12,19H2,1H3. The fourth-order valence-electron chi connectivity index (χ4n) is 2.10. The molecule has 2 N–H and O–H groups in total. The number of nitrogen functional groups attached to an aromatic ring is 1. The number of anilines is 1. The Bertz CT molecular complexity index is 538. The quantitative estimate of drug-likeness (QED) is 0.847. The molecule has 0 saturated carbocycles. The zero-order valence-corrected chi connectivity index (χ0v) is 11.4. The lowest BCUT2D eigenvalue weighted by Gasteiger charge is -2.24. The maximum Gasteiger partial charge on any atom is 0.285 e. The van der Waals surface area contributed by atoms with Crippen molar-refractivity contribution in [2.45, 2.75) is 12.5 Å². The van der Waals surface area contributed by atoms with Crippen LogP contribution in [0.4, 0.5) is 14.5 Å². The molecule has 106 valence electrons. The molecule has 0 amide bonds. The summed E-state index contributed by atoms with van der Waals surface area (Å²) in [5.74, 6) is -2.86. The van der Waals surface area contributed by atoms with Crippen molar-refractivity contribution < 1.29 is 8.78 Å². The van der Waals surface area contributed by atoms with E-state index in [1.54, 1.807) is 42.3 Å². The zero-order chi connectivity index (χ0) is 14.6. The summed E-state index contributed by atoms with van der Waals surface area (Å²) < 4.78 is 28.2. The number of likely N-dealkylation sites (N-methyl/N-ethyl adjacent to an activating group) is 1. The molecule has 0 heterocycles. The van der Waals surface area contributed by atoms with Gasteiger partial charge in [0.25, 0.3) is 5.92 Å². The number of benzene rings is 2. The molecule has 0 atom stereocenters.